The highest BCUT2D eigenvalue weighted by molar-refractivity contribution is 5.62. The van der Waals surface area contributed by atoms with E-state index >= 15 is 0 Å². The van der Waals surface area contributed by atoms with Crippen LogP contribution in [0.3, 0.4) is 0 Å². The number of hydrogen-bond acceptors (Lipinski definition) is 9. The zero-order chi connectivity index (χ0) is 24.5. The van der Waals surface area contributed by atoms with Crippen molar-refractivity contribution in [2.45, 2.75) is 45.6 Å². The number of β-amino-alcohol motifs (C(OH)–C–C–N with tert-alkyl or cyclic N) is 1. The van der Waals surface area contributed by atoms with Crippen LogP contribution in [0.2, 0.25) is 0 Å². The van der Waals surface area contributed by atoms with Crippen LogP contribution in [-0.2, 0) is 5.41 Å². The molecular weight excluding hydrogens is 430 g/mol. The monoisotopic (exact) mass is 465 g/mol. The second kappa shape index (κ2) is 9.31. The molecule has 182 valence electrons. The predicted octanol–water partition coefficient (Wildman–Crippen LogP) is 2.96. The lowest BCUT2D eigenvalue weighted by Crippen LogP contribution is -2.50. The van der Waals surface area contributed by atoms with Crippen molar-refractivity contribution in [3.63, 3.8) is 0 Å². The minimum Gasteiger partial charge on any atom is -0.389 e. The number of piperazine rings is 1. The molecule has 9 nitrogen and oxygen atoms in total. The van der Waals surface area contributed by atoms with Crippen molar-refractivity contribution in [2.75, 3.05) is 43.4 Å². The molecule has 0 spiro atoms. The molecule has 9 heteroatoms. The first kappa shape index (κ1) is 24.1. The van der Waals surface area contributed by atoms with E-state index in [-0.39, 0.29) is 11.9 Å². The van der Waals surface area contributed by atoms with Gasteiger partial charge in [0.15, 0.2) is 5.82 Å². The maximum atomic E-state index is 10.1. The maximum absolute atomic E-state index is 10.1. The molecule has 1 saturated heterocycles. The summed E-state index contributed by atoms with van der Waals surface area (Å²) in [6.07, 6.45) is 3.46. The molecule has 0 bridgehead atoms. The first-order chi connectivity index (χ1) is 16.1. The first-order valence-electron chi connectivity index (χ1n) is 11.8. The summed E-state index contributed by atoms with van der Waals surface area (Å²) in [4.78, 5) is 17.4. The average molecular weight is 466 g/mol. The van der Waals surface area contributed by atoms with Crippen molar-refractivity contribution in [2.24, 2.45) is 5.92 Å². The van der Waals surface area contributed by atoms with Gasteiger partial charge in [-0.05, 0) is 37.8 Å². The Balaban J connectivity index is 1.52. The lowest BCUT2D eigenvalue weighted by atomic mass is 9.72. The van der Waals surface area contributed by atoms with Gasteiger partial charge in [0.2, 0.25) is 5.95 Å². The van der Waals surface area contributed by atoms with Crippen LogP contribution in [0, 0.1) is 5.92 Å². The quantitative estimate of drug-likeness (QED) is 0.543. The van der Waals surface area contributed by atoms with Gasteiger partial charge in [0, 0.05) is 50.7 Å². The first-order valence-corrected chi connectivity index (χ1v) is 11.8. The highest BCUT2D eigenvalue weighted by Gasteiger charge is 2.38. The molecule has 3 N–H and O–H groups in total. The van der Waals surface area contributed by atoms with E-state index in [1.165, 1.54) is 0 Å². The van der Waals surface area contributed by atoms with Crippen LogP contribution in [0.5, 0.6) is 0 Å². The molecule has 2 aromatic heterocycles. The van der Waals surface area contributed by atoms with Crippen molar-refractivity contribution in [3.05, 3.63) is 48.0 Å². The van der Waals surface area contributed by atoms with Crippen molar-refractivity contribution >= 4 is 12.0 Å². The predicted molar refractivity (Wildman–Crippen MR) is 132 cm³/mol. The van der Waals surface area contributed by atoms with E-state index in [9.17, 15) is 5.11 Å². The molecule has 1 aromatic carbocycles. The van der Waals surface area contributed by atoms with Gasteiger partial charge in [-0.1, -0.05) is 43.3 Å². The van der Waals surface area contributed by atoms with Crippen molar-refractivity contribution in [1.82, 2.24) is 25.0 Å². The molecule has 1 fully saturated rings. The van der Waals surface area contributed by atoms with Gasteiger partial charge in [-0.15, -0.1) is 0 Å². The number of anilines is 2. The fourth-order valence-electron chi connectivity index (χ4n) is 4.42. The van der Waals surface area contributed by atoms with Crippen LogP contribution >= 0.6 is 0 Å². The van der Waals surface area contributed by atoms with Gasteiger partial charge in [0.1, 0.15) is 0 Å². The van der Waals surface area contributed by atoms with Crippen LogP contribution < -0.4 is 10.6 Å². The van der Waals surface area contributed by atoms with Gasteiger partial charge in [-0.3, -0.25) is 4.90 Å². The van der Waals surface area contributed by atoms with Crippen LogP contribution in [0.1, 0.15) is 46.0 Å². The number of nitrogens with two attached hydrogens (primary N) is 1. The van der Waals surface area contributed by atoms with Gasteiger partial charge < -0.3 is 20.3 Å². The third kappa shape index (κ3) is 5.05. The third-order valence-corrected chi connectivity index (χ3v) is 6.78. The summed E-state index contributed by atoms with van der Waals surface area (Å²) in [5.74, 6) is 1.19. The van der Waals surface area contributed by atoms with E-state index < -0.39 is 11.0 Å². The van der Waals surface area contributed by atoms with Gasteiger partial charge in [-0.2, -0.15) is 4.98 Å². The number of rotatable bonds is 7. The molecule has 1 aliphatic rings. The van der Waals surface area contributed by atoms with Crippen LogP contribution in [0.25, 0.3) is 11.1 Å². The zero-order valence-electron chi connectivity index (χ0n) is 20.7. The largest absolute Gasteiger partial charge is 0.389 e. The second-order valence-electron chi connectivity index (χ2n) is 10.2. The van der Waals surface area contributed by atoms with E-state index in [0.29, 0.717) is 18.4 Å². The molecule has 34 heavy (non-hydrogen) atoms. The molecule has 0 saturated carbocycles. The number of nitrogens with zero attached hydrogens (tertiary/aromatic N) is 6. The summed E-state index contributed by atoms with van der Waals surface area (Å²) in [7, 11) is 0. The van der Waals surface area contributed by atoms with Crippen molar-refractivity contribution < 1.29 is 9.63 Å². The van der Waals surface area contributed by atoms with E-state index in [0.717, 1.165) is 42.9 Å². The van der Waals surface area contributed by atoms with Crippen LogP contribution in [0.4, 0.5) is 12.0 Å². The molecule has 0 aliphatic carbocycles. The van der Waals surface area contributed by atoms with E-state index in [2.05, 4.69) is 70.0 Å². The van der Waals surface area contributed by atoms with Crippen molar-refractivity contribution in [3.8, 4) is 11.1 Å². The van der Waals surface area contributed by atoms with E-state index in [1.807, 2.05) is 13.8 Å². The second-order valence-corrected chi connectivity index (χ2v) is 10.2. The minimum atomic E-state index is -0.699. The topological polar surface area (TPSA) is 117 Å². The Morgan fingerprint density at radius 2 is 1.62 bits per heavy atom. The summed E-state index contributed by atoms with van der Waals surface area (Å²) in [6.45, 7) is 14.1. The molecular formula is C25H35N7O2. The average Bonchev–Trinajstić information content (AvgIpc) is 3.29. The molecule has 1 unspecified atom stereocenters. The Kier molecular flexibility index (Phi) is 6.60. The molecule has 0 amide bonds. The fourth-order valence-corrected chi connectivity index (χ4v) is 4.42. The lowest BCUT2D eigenvalue weighted by Gasteiger charge is -2.36. The number of benzene rings is 1. The Morgan fingerprint density at radius 3 is 2.18 bits per heavy atom. The SMILES string of the molecule is CC(C)C(C)(c1ccc(-c2cnc(N)nc2)cc1)c1noc(N2CCN(CC(C)(C)O)CC2)n1. The van der Waals surface area contributed by atoms with E-state index in [1.54, 1.807) is 12.4 Å². The van der Waals surface area contributed by atoms with Gasteiger partial charge in [0.25, 0.3) is 0 Å². The Labute approximate surface area is 201 Å². The van der Waals surface area contributed by atoms with Crippen LogP contribution in [-0.4, -0.2) is 68.4 Å². The summed E-state index contributed by atoms with van der Waals surface area (Å²) < 4.78 is 5.73. The summed E-state index contributed by atoms with van der Waals surface area (Å²) in [5, 5.41) is 14.5. The van der Waals surface area contributed by atoms with Crippen LogP contribution in [0.15, 0.2) is 41.2 Å². The fraction of sp³-hybridized carbons (Fsp3) is 0.520. The zero-order valence-corrected chi connectivity index (χ0v) is 20.7. The smallest absolute Gasteiger partial charge is 0.324 e. The number of aromatic nitrogens is 4. The Bertz CT molecular complexity index is 1080. The van der Waals surface area contributed by atoms with E-state index in [4.69, 9.17) is 15.2 Å². The van der Waals surface area contributed by atoms with Gasteiger partial charge in [0.05, 0.1) is 11.0 Å². The molecule has 1 atom stereocenters. The normalized spacial score (nSPS) is 17.2. The molecule has 3 heterocycles. The molecule has 3 aromatic rings. The Morgan fingerprint density at radius 1 is 1.00 bits per heavy atom. The third-order valence-electron chi connectivity index (χ3n) is 6.78. The van der Waals surface area contributed by atoms with Gasteiger partial charge in [-0.25, -0.2) is 9.97 Å². The lowest BCUT2D eigenvalue weighted by molar-refractivity contribution is 0.0342. The summed E-state index contributed by atoms with van der Waals surface area (Å²) in [6, 6.07) is 8.90. The minimum absolute atomic E-state index is 0.243. The number of hydrogen-bond donors (Lipinski definition) is 2. The highest BCUT2D eigenvalue weighted by atomic mass is 16.5. The maximum Gasteiger partial charge on any atom is 0.324 e. The molecule has 1 aliphatic heterocycles. The molecule has 0 radical (unpaired) electrons. The Hall–Kier alpha value is -3.04. The standard InChI is InChI=1S/C25H35N7O2/c1-17(2)25(5,20-8-6-18(7-9-20)19-14-27-22(26)28-15-19)21-29-23(34-30-21)32-12-10-31(11-13-32)16-24(3,4)33/h6-9,14-15,17,33H,10-13,16H2,1-5H3,(H2,26,27,28). The number of aliphatic hydroxyl groups is 1. The molecule has 4 rings (SSSR count). The summed E-state index contributed by atoms with van der Waals surface area (Å²) in [5.41, 5.74) is 7.55. The van der Waals surface area contributed by atoms with Gasteiger partial charge >= 0.3 is 6.01 Å². The summed E-state index contributed by atoms with van der Waals surface area (Å²) >= 11 is 0. The van der Waals surface area contributed by atoms with Crippen molar-refractivity contribution in [1.29, 1.82) is 0 Å². The number of nitrogen functional groups attached to an aromatic ring is 1. The highest BCUT2D eigenvalue weighted by Crippen LogP contribution is 2.38.